The van der Waals surface area contributed by atoms with E-state index in [0.29, 0.717) is 5.82 Å². The second-order valence-electron chi connectivity index (χ2n) is 5.71. The van der Waals surface area contributed by atoms with Gasteiger partial charge in [-0.15, -0.1) is 0 Å². The quantitative estimate of drug-likeness (QED) is 0.518. The zero-order valence-electron chi connectivity index (χ0n) is 13.0. The molecule has 4 nitrogen and oxygen atoms in total. The van der Waals surface area contributed by atoms with Crippen molar-refractivity contribution in [3.63, 3.8) is 0 Å². The summed E-state index contributed by atoms with van der Waals surface area (Å²) in [7, 11) is 0. The average Bonchev–Trinajstić information content (AvgIpc) is 2.96. The molecule has 0 aliphatic carbocycles. The molecule has 2 aromatic heterocycles. The minimum Gasteiger partial charge on any atom is -0.382 e. The van der Waals surface area contributed by atoms with Crippen LogP contribution in [-0.4, -0.2) is 15.2 Å². The lowest BCUT2D eigenvalue weighted by atomic mass is 10.0. The molecule has 0 aliphatic heterocycles. The average molecular weight is 379 g/mol. The van der Waals surface area contributed by atoms with Gasteiger partial charge in [0.15, 0.2) is 5.82 Å². The maximum absolute atomic E-state index is 6.07. The predicted octanol–water partition coefficient (Wildman–Crippen LogP) is 4.95. The summed E-state index contributed by atoms with van der Waals surface area (Å²) in [5, 5.41) is 8.03. The Kier molecular flexibility index (Phi) is 3.58. The zero-order chi connectivity index (χ0) is 16.7. The number of nitrogens with two attached hydrogens (primary N) is 1. The summed E-state index contributed by atoms with van der Waals surface area (Å²) in [4.78, 5) is 4.91. The van der Waals surface area contributed by atoms with Crippen molar-refractivity contribution in [2.45, 2.75) is 6.92 Å². The first kappa shape index (κ1) is 14.9. The van der Waals surface area contributed by atoms with E-state index in [4.69, 9.17) is 10.7 Å². The molecule has 3 N–H and O–H groups in total. The van der Waals surface area contributed by atoms with Crippen LogP contribution < -0.4 is 5.73 Å². The Morgan fingerprint density at radius 1 is 1.04 bits per heavy atom. The smallest absolute Gasteiger partial charge is 0.155 e. The molecule has 0 saturated heterocycles. The second-order valence-corrected chi connectivity index (χ2v) is 6.63. The van der Waals surface area contributed by atoms with Crippen molar-refractivity contribution in [1.82, 2.24) is 15.2 Å². The number of H-pyrrole nitrogens is 1. The Morgan fingerprint density at radius 3 is 2.54 bits per heavy atom. The monoisotopic (exact) mass is 378 g/mol. The third kappa shape index (κ3) is 2.47. The summed E-state index contributed by atoms with van der Waals surface area (Å²) in [6, 6.07) is 18.3. The van der Waals surface area contributed by atoms with E-state index >= 15 is 0 Å². The highest BCUT2D eigenvalue weighted by atomic mass is 79.9. The molecule has 0 radical (unpaired) electrons. The number of benzene rings is 2. The minimum absolute atomic E-state index is 0.465. The van der Waals surface area contributed by atoms with Gasteiger partial charge in [-0.3, -0.25) is 5.10 Å². The van der Waals surface area contributed by atoms with Gasteiger partial charge in [0.05, 0.1) is 22.3 Å². The highest BCUT2D eigenvalue weighted by Gasteiger charge is 2.15. The van der Waals surface area contributed by atoms with Crippen LogP contribution in [-0.2, 0) is 0 Å². The number of pyridine rings is 1. The molecule has 0 amide bonds. The van der Waals surface area contributed by atoms with E-state index in [0.717, 1.165) is 37.9 Å². The molecule has 118 valence electrons. The first-order valence-electron chi connectivity index (χ1n) is 7.60. The van der Waals surface area contributed by atoms with E-state index in [1.807, 2.05) is 42.5 Å². The standard InChI is InChI=1S/C19H15BrN4/c1-11-4-2-3-5-14(11)15-10-16-17(19(21)24-23-16)18(22-15)12-6-8-13(20)9-7-12/h2-10H,1H3,(H3,21,23,24). The Hall–Kier alpha value is -2.66. The molecule has 4 aromatic rings. The normalized spacial score (nSPS) is 11.1. The van der Waals surface area contributed by atoms with Crippen molar-refractivity contribution in [2.24, 2.45) is 0 Å². The maximum Gasteiger partial charge on any atom is 0.155 e. The lowest BCUT2D eigenvalue weighted by Crippen LogP contribution is -1.93. The maximum atomic E-state index is 6.07. The second kappa shape index (κ2) is 5.76. The third-order valence-corrected chi connectivity index (χ3v) is 4.64. The Balaban J connectivity index is 2.02. The van der Waals surface area contributed by atoms with Gasteiger partial charge in [-0.1, -0.05) is 52.3 Å². The molecule has 0 spiro atoms. The molecule has 0 unspecified atom stereocenters. The van der Waals surface area contributed by atoms with Gasteiger partial charge in [-0.05, 0) is 30.7 Å². The van der Waals surface area contributed by atoms with Crippen LogP contribution in [0, 0.1) is 6.92 Å². The van der Waals surface area contributed by atoms with Crippen LogP contribution in [0.3, 0.4) is 0 Å². The first-order valence-corrected chi connectivity index (χ1v) is 8.39. The Morgan fingerprint density at radius 2 is 1.79 bits per heavy atom. The summed E-state index contributed by atoms with van der Waals surface area (Å²) in [5.41, 5.74) is 12.0. The number of anilines is 1. The van der Waals surface area contributed by atoms with Crippen LogP contribution in [0.1, 0.15) is 5.56 Å². The number of aryl methyl sites for hydroxylation is 1. The highest BCUT2D eigenvalue weighted by molar-refractivity contribution is 9.10. The van der Waals surface area contributed by atoms with Crippen LogP contribution in [0.5, 0.6) is 0 Å². The van der Waals surface area contributed by atoms with E-state index < -0.39 is 0 Å². The van der Waals surface area contributed by atoms with Crippen molar-refractivity contribution >= 4 is 32.7 Å². The number of hydrogen-bond acceptors (Lipinski definition) is 3. The molecule has 2 aromatic carbocycles. The molecule has 5 heteroatoms. The largest absolute Gasteiger partial charge is 0.382 e. The molecule has 4 rings (SSSR count). The Bertz CT molecular complexity index is 1040. The molecule has 0 bridgehead atoms. The molecule has 0 atom stereocenters. The number of nitrogen functional groups attached to an aromatic ring is 1. The van der Waals surface area contributed by atoms with E-state index in [1.165, 1.54) is 5.56 Å². The van der Waals surface area contributed by atoms with Crippen LogP contribution in [0.25, 0.3) is 33.4 Å². The van der Waals surface area contributed by atoms with Gasteiger partial charge < -0.3 is 5.73 Å². The number of rotatable bonds is 2. The number of halogens is 1. The summed E-state index contributed by atoms with van der Waals surface area (Å²) >= 11 is 3.47. The number of nitrogens with one attached hydrogen (secondary N) is 1. The van der Waals surface area contributed by atoms with Crippen molar-refractivity contribution in [1.29, 1.82) is 0 Å². The van der Waals surface area contributed by atoms with Crippen molar-refractivity contribution in [3.05, 3.63) is 64.6 Å². The van der Waals surface area contributed by atoms with Crippen molar-refractivity contribution in [2.75, 3.05) is 5.73 Å². The number of fused-ring (bicyclic) bond motifs is 1. The van der Waals surface area contributed by atoms with E-state index in [2.05, 4.69) is 45.2 Å². The molecule has 24 heavy (non-hydrogen) atoms. The first-order chi connectivity index (χ1) is 11.6. The fourth-order valence-electron chi connectivity index (χ4n) is 2.88. The lowest BCUT2D eigenvalue weighted by Gasteiger charge is -2.10. The topological polar surface area (TPSA) is 67.6 Å². The summed E-state index contributed by atoms with van der Waals surface area (Å²) in [6.45, 7) is 2.09. The minimum atomic E-state index is 0.465. The van der Waals surface area contributed by atoms with Crippen LogP contribution in [0.2, 0.25) is 0 Å². The van der Waals surface area contributed by atoms with E-state index in [1.54, 1.807) is 0 Å². The fourth-order valence-corrected chi connectivity index (χ4v) is 3.15. The van der Waals surface area contributed by atoms with Crippen molar-refractivity contribution < 1.29 is 0 Å². The summed E-state index contributed by atoms with van der Waals surface area (Å²) < 4.78 is 1.03. The summed E-state index contributed by atoms with van der Waals surface area (Å²) in [6.07, 6.45) is 0. The molecular weight excluding hydrogens is 364 g/mol. The van der Waals surface area contributed by atoms with Gasteiger partial charge in [0.25, 0.3) is 0 Å². The molecule has 0 saturated carbocycles. The molecular formula is C19H15BrN4. The van der Waals surface area contributed by atoms with Crippen LogP contribution >= 0.6 is 15.9 Å². The van der Waals surface area contributed by atoms with E-state index in [9.17, 15) is 0 Å². The van der Waals surface area contributed by atoms with Gasteiger partial charge >= 0.3 is 0 Å². The molecule has 0 aliphatic rings. The van der Waals surface area contributed by atoms with Gasteiger partial charge in [0, 0.05) is 15.6 Å². The number of aromatic nitrogens is 3. The van der Waals surface area contributed by atoms with Gasteiger partial charge in [-0.2, -0.15) is 5.10 Å². The number of aromatic amines is 1. The highest BCUT2D eigenvalue weighted by Crippen LogP contribution is 2.34. The predicted molar refractivity (Wildman–Crippen MR) is 102 cm³/mol. The zero-order valence-corrected chi connectivity index (χ0v) is 14.6. The Labute approximate surface area is 147 Å². The van der Waals surface area contributed by atoms with Gasteiger partial charge in [0.2, 0.25) is 0 Å². The fraction of sp³-hybridized carbons (Fsp3) is 0.0526. The molecule has 0 fully saturated rings. The van der Waals surface area contributed by atoms with Gasteiger partial charge in [0.1, 0.15) is 0 Å². The number of hydrogen-bond donors (Lipinski definition) is 2. The lowest BCUT2D eigenvalue weighted by molar-refractivity contribution is 1.13. The van der Waals surface area contributed by atoms with Crippen LogP contribution in [0.4, 0.5) is 5.82 Å². The summed E-state index contributed by atoms with van der Waals surface area (Å²) in [5.74, 6) is 0.465. The van der Waals surface area contributed by atoms with Crippen LogP contribution in [0.15, 0.2) is 59.1 Å². The van der Waals surface area contributed by atoms with Gasteiger partial charge in [-0.25, -0.2) is 4.98 Å². The van der Waals surface area contributed by atoms with Crippen molar-refractivity contribution in [3.8, 4) is 22.5 Å². The third-order valence-electron chi connectivity index (χ3n) is 4.11. The number of nitrogens with zero attached hydrogens (tertiary/aromatic N) is 2. The molecule has 2 heterocycles. The van der Waals surface area contributed by atoms with E-state index in [-0.39, 0.29) is 0 Å². The SMILES string of the molecule is Cc1ccccc1-c1cc2[nH]nc(N)c2c(-c2ccc(Br)cc2)n1.